The molecule has 6 heteroatoms. The molecule has 100 valence electrons. The van der Waals surface area contributed by atoms with Gasteiger partial charge in [-0.2, -0.15) is 13.2 Å². The van der Waals surface area contributed by atoms with Gasteiger partial charge in [0.05, 0.1) is 10.5 Å². The maximum atomic E-state index is 12.4. The van der Waals surface area contributed by atoms with Crippen molar-refractivity contribution in [2.45, 2.75) is 31.3 Å². The number of hydrogen-bond acceptors (Lipinski definition) is 1. The predicted molar refractivity (Wildman–Crippen MR) is 73.1 cm³/mol. The molecule has 0 N–H and O–H groups in total. The lowest BCUT2D eigenvalue weighted by Crippen LogP contribution is -2.01. The van der Waals surface area contributed by atoms with E-state index in [-0.39, 0.29) is 16.8 Å². The second-order valence-corrected chi connectivity index (χ2v) is 5.20. The zero-order chi connectivity index (χ0) is 13.9. The van der Waals surface area contributed by atoms with Crippen LogP contribution in [-0.2, 0) is 0 Å². The van der Waals surface area contributed by atoms with Crippen molar-refractivity contribution in [3.63, 3.8) is 0 Å². The molecular weight excluding hydrogens is 327 g/mol. The van der Waals surface area contributed by atoms with E-state index in [0.29, 0.717) is 5.56 Å². The Bertz CT molecular complexity index is 534. The Morgan fingerprint density at radius 2 is 1.89 bits per heavy atom. The number of hydrogen-bond donors (Lipinski definition) is 0. The smallest absolute Gasteiger partial charge is 0.310 e. The van der Waals surface area contributed by atoms with E-state index < -0.39 is 5.51 Å². The van der Waals surface area contributed by atoms with E-state index in [1.165, 1.54) is 4.40 Å². The fourth-order valence-corrected chi connectivity index (χ4v) is 2.66. The Kier molecular flexibility index (Phi) is 5.16. The van der Waals surface area contributed by atoms with Crippen molar-refractivity contribution >= 4 is 33.2 Å². The number of rotatable bonds is 1. The van der Waals surface area contributed by atoms with Crippen LogP contribution in [0.15, 0.2) is 33.9 Å². The molecule has 0 amide bonds. The van der Waals surface area contributed by atoms with Crippen molar-refractivity contribution in [1.82, 2.24) is 4.40 Å². The van der Waals surface area contributed by atoms with Gasteiger partial charge in [-0.25, -0.2) is 0 Å². The molecule has 0 unspecified atom stereocenters. The molecule has 0 saturated heterocycles. The third-order valence-corrected chi connectivity index (χ3v) is 3.72. The number of aryl methyl sites for hydroxylation is 1. The van der Waals surface area contributed by atoms with Crippen LogP contribution >= 0.6 is 27.7 Å². The number of halogens is 4. The van der Waals surface area contributed by atoms with E-state index >= 15 is 0 Å². The highest BCUT2D eigenvalue weighted by Crippen LogP contribution is 2.40. The fourth-order valence-electron chi connectivity index (χ4n) is 1.51. The first-order valence-electron chi connectivity index (χ1n) is 5.40. The van der Waals surface area contributed by atoms with Gasteiger partial charge >= 0.3 is 5.51 Å². The Morgan fingerprint density at radius 1 is 1.28 bits per heavy atom. The Balaban J connectivity index is 0.000000771. The molecule has 2 heterocycles. The van der Waals surface area contributed by atoms with Gasteiger partial charge in [0.25, 0.3) is 0 Å². The van der Waals surface area contributed by atoms with E-state index in [9.17, 15) is 13.2 Å². The van der Waals surface area contributed by atoms with E-state index in [0.717, 1.165) is 9.99 Å². The van der Waals surface area contributed by atoms with E-state index in [1.807, 2.05) is 13.8 Å². The molecule has 0 saturated carbocycles. The predicted octanol–water partition coefficient (Wildman–Crippen LogP) is 5.65. The van der Waals surface area contributed by atoms with Gasteiger partial charge in [0.1, 0.15) is 0 Å². The van der Waals surface area contributed by atoms with E-state index in [2.05, 4.69) is 15.9 Å². The quantitative estimate of drug-likeness (QED) is 0.607. The minimum Gasteiger partial charge on any atom is -0.310 e. The maximum absolute atomic E-state index is 12.4. The second-order valence-electron chi connectivity index (χ2n) is 3.29. The maximum Gasteiger partial charge on any atom is 0.447 e. The lowest BCUT2D eigenvalue weighted by Gasteiger charge is -2.07. The third-order valence-electron chi connectivity index (χ3n) is 2.10. The molecule has 0 atom stereocenters. The molecule has 2 aromatic rings. The molecule has 0 fully saturated rings. The summed E-state index contributed by atoms with van der Waals surface area (Å²) in [6.45, 7) is 5.67. The molecule has 1 nitrogen and oxygen atoms in total. The fraction of sp³-hybridized carbons (Fsp3) is 0.333. The first kappa shape index (κ1) is 15.4. The number of fused-ring (bicyclic) bond motifs is 1. The monoisotopic (exact) mass is 339 g/mol. The minimum atomic E-state index is -4.26. The first-order chi connectivity index (χ1) is 8.38. The van der Waals surface area contributed by atoms with Crippen molar-refractivity contribution in [2.75, 3.05) is 0 Å². The lowest BCUT2D eigenvalue weighted by molar-refractivity contribution is -0.0330. The van der Waals surface area contributed by atoms with Gasteiger partial charge in [-0.3, -0.25) is 0 Å². The largest absolute Gasteiger partial charge is 0.447 e. The van der Waals surface area contributed by atoms with Crippen LogP contribution in [0.25, 0.3) is 5.52 Å². The molecule has 0 bridgehead atoms. The molecule has 0 radical (unpaired) electrons. The summed E-state index contributed by atoms with van der Waals surface area (Å²) < 4.78 is 39.4. The third kappa shape index (κ3) is 3.45. The summed E-state index contributed by atoms with van der Waals surface area (Å²) in [7, 11) is 0. The molecule has 2 aromatic heterocycles. The highest BCUT2D eigenvalue weighted by molar-refractivity contribution is 9.10. The lowest BCUT2D eigenvalue weighted by atomic mass is 10.3. The van der Waals surface area contributed by atoms with Gasteiger partial charge in [0.2, 0.25) is 0 Å². The SMILES string of the molecule is CC.Cc1cc2c(Br)cccn2c1SC(F)(F)F. The molecule has 0 aliphatic heterocycles. The molecule has 18 heavy (non-hydrogen) atoms. The average Bonchev–Trinajstić information content (AvgIpc) is 2.59. The summed E-state index contributed by atoms with van der Waals surface area (Å²) in [6, 6.07) is 5.24. The van der Waals surface area contributed by atoms with Gasteiger partial charge in [-0.15, -0.1) is 0 Å². The van der Waals surface area contributed by atoms with Crippen molar-refractivity contribution in [3.8, 4) is 0 Å². The molecule has 2 rings (SSSR count). The van der Waals surface area contributed by atoms with Gasteiger partial charge in [-0.05, 0) is 46.6 Å². The normalized spacial score (nSPS) is 11.3. The van der Waals surface area contributed by atoms with Gasteiger partial charge < -0.3 is 4.40 Å². The highest BCUT2D eigenvalue weighted by atomic mass is 79.9. The van der Waals surface area contributed by atoms with E-state index in [4.69, 9.17) is 0 Å². The average molecular weight is 340 g/mol. The standard InChI is InChI=1S/C10H7BrF3NS.C2H6/c1-6-5-8-7(11)3-2-4-15(8)9(6)16-10(12,13)14;1-2/h2-5H,1H3;1-2H3. The van der Waals surface area contributed by atoms with Crippen LogP contribution in [0.4, 0.5) is 13.2 Å². The number of pyridine rings is 1. The zero-order valence-corrected chi connectivity index (χ0v) is 12.6. The summed E-state index contributed by atoms with van der Waals surface area (Å²) in [5.74, 6) is 0. The van der Waals surface area contributed by atoms with Crippen LogP contribution in [0.5, 0.6) is 0 Å². The first-order valence-corrected chi connectivity index (χ1v) is 7.01. The Hall–Kier alpha value is -0.620. The second kappa shape index (κ2) is 6.02. The minimum absolute atomic E-state index is 0.0856. The summed E-state index contributed by atoms with van der Waals surface area (Å²) in [4.78, 5) is 0. The van der Waals surface area contributed by atoms with Crippen LogP contribution in [0, 0.1) is 6.92 Å². The topological polar surface area (TPSA) is 4.41 Å². The van der Waals surface area contributed by atoms with Crippen LogP contribution in [0.3, 0.4) is 0 Å². The summed E-state index contributed by atoms with van der Waals surface area (Å²) in [5, 5.41) is 0.212. The van der Waals surface area contributed by atoms with Crippen molar-refractivity contribution < 1.29 is 13.2 Å². The van der Waals surface area contributed by atoms with Crippen LogP contribution in [-0.4, -0.2) is 9.91 Å². The van der Waals surface area contributed by atoms with E-state index in [1.54, 1.807) is 31.3 Å². The molecule has 0 aliphatic carbocycles. The number of aromatic nitrogens is 1. The highest BCUT2D eigenvalue weighted by Gasteiger charge is 2.31. The number of nitrogens with zero attached hydrogens (tertiary/aromatic N) is 1. The van der Waals surface area contributed by atoms with Crippen LogP contribution < -0.4 is 0 Å². The van der Waals surface area contributed by atoms with Crippen molar-refractivity contribution in [3.05, 3.63) is 34.4 Å². The van der Waals surface area contributed by atoms with Gasteiger partial charge in [0, 0.05) is 22.4 Å². The summed E-state index contributed by atoms with van der Waals surface area (Å²) in [6.07, 6.45) is 1.63. The van der Waals surface area contributed by atoms with Gasteiger partial charge in [0.15, 0.2) is 0 Å². The zero-order valence-electron chi connectivity index (χ0n) is 10.2. The molecule has 0 spiro atoms. The van der Waals surface area contributed by atoms with Crippen molar-refractivity contribution in [1.29, 1.82) is 0 Å². The summed E-state index contributed by atoms with van der Waals surface area (Å²) >= 11 is 3.23. The van der Waals surface area contributed by atoms with Crippen LogP contribution in [0.1, 0.15) is 19.4 Å². The molecular formula is C12H13BrF3NS. The Morgan fingerprint density at radius 3 is 2.44 bits per heavy atom. The van der Waals surface area contributed by atoms with Gasteiger partial charge in [-0.1, -0.05) is 13.8 Å². The summed E-state index contributed by atoms with van der Waals surface area (Å²) in [5.41, 5.74) is -2.90. The van der Waals surface area contributed by atoms with Crippen LogP contribution in [0.2, 0.25) is 0 Å². The molecule has 0 aliphatic rings. The molecule has 0 aromatic carbocycles. The number of thioether (sulfide) groups is 1. The number of alkyl halides is 3. The van der Waals surface area contributed by atoms with Crippen molar-refractivity contribution in [2.24, 2.45) is 0 Å². The Labute approximate surface area is 117 Å².